The van der Waals surface area contributed by atoms with E-state index in [1.54, 1.807) is 29.3 Å². The highest BCUT2D eigenvalue weighted by atomic mass is 35.5. The Morgan fingerprint density at radius 1 is 1.11 bits per heavy atom. The van der Waals surface area contributed by atoms with Gasteiger partial charge in [0.15, 0.2) is 0 Å². The van der Waals surface area contributed by atoms with Crippen molar-refractivity contribution in [1.29, 1.82) is 0 Å². The Kier molecular flexibility index (Phi) is 7.14. The van der Waals surface area contributed by atoms with Gasteiger partial charge in [-0.25, -0.2) is 5.43 Å². The molecule has 0 aliphatic carbocycles. The van der Waals surface area contributed by atoms with Gasteiger partial charge in [-0.15, -0.1) is 11.3 Å². The molecular formula is C21H20ClN3OS2. The van der Waals surface area contributed by atoms with Crippen LogP contribution in [0.3, 0.4) is 0 Å². The van der Waals surface area contributed by atoms with Gasteiger partial charge in [0.1, 0.15) is 0 Å². The van der Waals surface area contributed by atoms with Crippen LogP contribution in [0, 0.1) is 13.8 Å². The fraction of sp³-hybridized carbons (Fsp3) is 0.143. The SMILES string of the molecule is Cc1ccc(NCC(=O)N/N=C\c2ccc(Sc3ccc(Cl)cc3)s2)cc1C. The van der Waals surface area contributed by atoms with Crippen molar-refractivity contribution in [3.8, 4) is 0 Å². The fourth-order valence-corrected chi connectivity index (χ4v) is 4.44. The van der Waals surface area contributed by atoms with Gasteiger partial charge >= 0.3 is 0 Å². The highest BCUT2D eigenvalue weighted by Crippen LogP contribution is 2.33. The number of amides is 1. The largest absolute Gasteiger partial charge is 0.376 e. The standard InChI is InChI=1S/C21H20ClN3OS2/c1-14-3-6-17(11-15(14)2)23-13-20(26)25-24-12-19-9-10-21(28-19)27-18-7-4-16(22)5-8-18/h3-12,23H,13H2,1-2H3,(H,25,26)/b24-12-. The molecule has 1 aromatic heterocycles. The molecule has 0 bridgehead atoms. The molecule has 0 aliphatic rings. The lowest BCUT2D eigenvalue weighted by Gasteiger charge is -2.07. The number of anilines is 1. The Bertz CT molecular complexity index is 984. The molecule has 28 heavy (non-hydrogen) atoms. The molecule has 0 saturated heterocycles. The zero-order chi connectivity index (χ0) is 19.9. The van der Waals surface area contributed by atoms with Crippen molar-refractivity contribution < 1.29 is 4.79 Å². The number of hydrogen-bond acceptors (Lipinski definition) is 5. The van der Waals surface area contributed by atoms with Crippen molar-refractivity contribution in [2.24, 2.45) is 5.10 Å². The van der Waals surface area contributed by atoms with Crippen LogP contribution in [-0.4, -0.2) is 18.7 Å². The summed E-state index contributed by atoms with van der Waals surface area (Å²) in [7, 11) is 0. The number of thiophene rings is 1. The summed E-state index contributed by atoms with van der Waals surface area (Å²) in [5.74, 6) is -0.193. The second-order valence-electron chi connectivity index (χ2n) is 6.16. The lowest BCUT2D eigenvalue weighted by atomic mass is 10.1. The topological polar surface area (TPSA) is 53.5 Å². The van der Waals surface area contributed by atoms with Gasteiger partial charge in [0, 0.05) is 20.5 Å². The normalized spacial score (nSPS) is 11.0. The summed E-state index contributed by atoms with van der Waals surface area (Å²) in [6.45, 7) is 4.28. The fourth-order valence-electron chi connectivity index (χ4n) is 2.32. The lowest BCUT2D eigenvalue weighted by molar-refractivity contribution is -0.119. The van der Waals surface area contributed by atoms with E-state index in [1.807, 2.05) is 61.5 Å². The Labute approximate surface area is 178 Å². The van der Waals surface area contributed by atoms with E-state index in [0.29, 0.717) is 0 Å². The van der Waals surface area contributed by atoms with Crippen LogP contribution in [0.1, 0.15) is 16.0 Å². The number of carbonyl (C=O) groups is 1. The van der Waals surface area contributed by atoms with E-state index < -0.39 is 0 Å². The Morgan fingerprint density at radius 3 is 2.64 bits per heavy atom. The first-order valence-corrected chi connectivity index (χ1v) is 10.7. The second-order valence-corrected chi connectivity index (χ2v) is 9.08. The molecule has 1 heterocycles. The van der Waals surface area contributed by atoms with Crippen LogP contribution in [0.2, 0.25) is 5.02 Å². The van der Waals surface area contributed by atoms with E-state index in [9.17, 15) is 4.79 Å². The summed E-state index contributed by atoms with van der Waals surface area (Å²) >= 11 is 9.18. The molecule has 4 nitrogen and oxygen atoms in total. The Balaban J connectivity index is 1.46. The molecule has 144 valence electrons. The molecule has 0 fully saturated rings. The van der Waals surface area contributed by atoms with Gasteiger partial charge in [-0.2, -0.15) is 5.10 Å². The molecule has 0 unspecified atom stereocenters. The van der Waals surface area contributed by atoms with Crippen LogP contribution in [0.4, 0.5) is 5.69 Å². The zero-order valence-corrected chi connectivity index (χ0v) is 17.9. The molecule has 3 aromatic rings. The first-order valence-electron chi connectivity index (χ1n) is 8.66. The number of aryl methyl sites for hydroxylation is 2. The maximum Gasteiger partial charge on any atom is 0.259 e. The Morgan fingerprint density at radius 2 is 1.89 bits per heavy atom. The van der Waals surface area contributed by atoms with Gasteiger partial charge in [0.2, 0.25) is 0 Å². The van der Waals surface area contributed by atoms with Crippen molar-refractivity contribution in [2.45, 2.75) is 23.0 Å². The zero-order valence-electron chi connectivity index (χ0n) is 15.5. The summed E-state index contributed by atoms with van der Waals surface area (Å²) in [6.07, 6.45) is 1.66. The third kappa shape index (κ3) is 6.12. The number of hydrogen-bond donors (Lipinski definition) is 2. The van der Waals surface area contributed by atoms with Gasteiger partial charge in [-0.1, -0.05) is 29.4 Å². The van der Waals surface area contributed by atoms with Crippen molar-refractivity contribution in [3.63, 3.8) is 0 Å². The minimum atomic E-state index is -0.193. The molecule has 0 atom stereocenters. The molecule has 0 saturated carbocycles. The number of rotatable bonds is 7. The number of nitrogens with zero attached hydrogens (tertiary/aromatic N) is 1. The molecular weight excluding hydrogens is 410 g/mol. The number of carbonyl (C=O) groups excluding carboxylic acids is 1. The molecule has 0 radical (unpaired) electrons. The van der Waals surface area contributed by atoms with E-state index in [-0.39, 0.29) is 12.5 Å². The third-order valence-corrected chi connectivity index (χ3v) is 6.39. The maximum atomic E-state index is 11.9. The first kappa shape index (κ1) is 20.5. The van der Waals surface area contributed by atoms with Crippen LogP contribution >= 0.6 is 34.7 Å². The van der Waals surface area contributed by atoms with Crippen molar-refractivity contribution in [3.05, 3.63) is 75.6 Å². The number of hydrazone groups is 1. The number of halogens is 1. The number of nitrogens with one attached hydrogen (secondary N) is 2. The minimum Gasteiger partial charge on any atom is -0.376 e. The van der Waals surface area contributed by atoms with E-state index in [0.717, 1.165) is 24.7 Å². The quantitative estimate of drug-likeness (QED) is 0.372. The van der Waals surface area contributed by atoms with E-state index in [4.69, 9.17) is 11.6 Å². The van der Waals surface area contributed by atoms with E-state index in [2.05, 4.69) is 22.8 Å². The van der Waals surface area contributed by atoms with Crippen molar-refractivity contribution >= 4 is 52.5 Å². The maximum absolute atomic E-state index is 11.9. The van der Waals surface area contributed by atoms with Gasteiger partial charge < -0.3 is 5.32 Å². The van der Waals surface area contributed by atoms with E-state index in [1.165, 1.54) is 11.1 Å². The molecule has 3 rings (SSSR count). The van der Waals surface area contributed by atoms with Crippen molar-refractivity contribution in [2.75, 3.05) is 11.9 Å². The first-order chi connectivity index (χ1) is 13.5. The average molecular weight is 430 g/mol. The van der Waals surface area contributed by atoms with Crippen molar-refractivity contribution in [1.82, 2.24) is 5.43 Å². The smallest absolute Gasteiger partial charge is 0.259 e. The lowest BCUT2D eigenvalue weighted by Crippen LogP contribution is -2.25. The summed E-state index contributed by atoms with van der Waals surface area (Å²) < 4.78 is 1.14. The van der Waals surface area contributed by atoms with Crippen LogP contribution in [0.25, 0.3) is 0 Å². The molecule has 0 aliphatic heterocycles. The molecule has 2 aromatic carbocycles. The molecule has 7 heteroatoms. The van der Waals surface area contributed by atoms with Gasteiger partial charge in [0.05, 0.1) is 17.0 Å². The minimum absolute atomic E-state index is 0.169. The van der Waals surface area contributed by atoms with Crippen LogP contribution in [0.15, 0.2) is 68.8 Å². The van der Waals surface area contributed by atoms with Crippen LogP contribution in [-0.2, 0) is 4.79 Å². The molecule has 0 spiro atoms. The van der Waals surface area contributed by atoms with Crippen LogP contribution < -0.4 is 10.7 Å². The monoisotopic (exact) mass is 429 g/mol. The predicted molar refractivity (Wildman–Crippen MR) is 120 cm³/mol. The van der Waals surface area contributed by atoms with Gasteiger partial charge in [-0.05, 0) is 73.5 Å². The predicted octanol–water partition coefficient (Wildman–Crippen LogP) is 5.73. The summed E-state index contributed by atoms with van der Waals surface area (Å²) in [4.78, 5) is 14.0. The molecule has 1 amide bonds. The summed E-state index contributed by atoms with van der Waals surface area (Å²) in [6, 6.07) is 17.8. The molecule has 2 N–H and O–H groups in total. The highest BCUT2D eigenvalue weighted by Gasteiger charge is 2.03. The highest BCUT2D eigenvalue weighted by molar-refractivity contribution is 8.01. The average Bonchev–Trinajstić information content (AvgIpc) is 3.12. The van der Waals surface area contributed by atoms with E-state index >= 15 is 0 Å². The summed E-state index contributed by atoms with van der Waals surface area (Å²) in [5, 5.41) is 7.86. The third-order valence-electron chi connectivity index (χ3n) is 3.98. The Hall–Kier alpha value is -2.28. The second kappa shape index (κ2) is 9.78. The summed E-state index contributed by atoms with van der Waals surface area (Å²) in [5.41, 5.74) is 5.88. The van der Waals surface area contributed by atoms with Crippen LogP contribution in [0.5, 0.6) is 0 Å². The van der Waals surface area contributed by atoms with Gasteiger partial charge in [0.25, 0.3) is 5.91 Å². The van der Waals surface area contributed by atoms with Gasteiger partial charge in [-0.3, -0.25) is 4.79 Å². The number of benzene rings is 2.